The molecule has 0 aromatic carbocycles. The van der Waals surface area contributed by atoms with Gasteiger partial charge in [0.15, 0.2) is 0 Å². The molecule has 2 rings (SSSR count). The number of amides is 4. The van der Waals surface area contributed by atoms with Crippen LogP contribution in [0.3, 0.4) is 0 Å². The van der Waals surface area contributed by atoms with E-state index >= 15 is 0 Å². The van der Waals surface area contributed by atoms with E-state index in [0.717, 1.165) is 5.01 Å². The Kier molecular flexibility index (Phi) is 3.12. The minimum absolute atomic E-state index is 0.110. The number of carbonyl (C=O) groups is 3. The molecule has 1 heterocycles. The lowest BCUT2D eigenvalue weighted by atomic mass is 10.1. The Labute approximate surface area is 112 Å². The van der Waals surface area contributed by atoms with E-state index in [2.05, 4.69) is 16.8 Å². The second-order valence-corrected chi connectivity index (χ2v) is 5.98. The van der Waals surface area contributed by atoms with Crippen LogP contribution in [0.1, 0.15) is 27.7 Å². The molecule has 0 aromatic heterocycles. The third kappa shape index (κ3) is 2.47. The van der Waals surface area contributed by atoms with Crippen molar-refractivity contribution in [2.75, 3.05) is 6.54 Å². The second kappa shape index (κ2) is 4.36. The maximum absolute atomic E-state index is 12.1. The molecule has 2 aliphatic rings. The van der Waals surface area contributed by atoms with Crippen LogP contribution in [0.5, 0.6) is 0 Å². The quantitative estimate of drug-likeness (QED) is 0.585. The molecule has 1 aliphatic heterocycles. The summed E-state index contributed by atoms with van der Waals surface area (Å²) in [4.78, 5) is 34.5. The standard InChI is InChI=1S/C13H19N3O3/c1-7(2)5-8-10(13(8,3)4)11(18)15-16-6-9(17)14-12(16)19/h5,8,10H,6H2,1-4H3,(H,15,18)(H,14,17,19)/t8-,10+/m1/s1. The van der Waals surface area contributed by atoms with Crippen molar-refractivity contribution in [3.05, 3.63) is 11.6 Å². The summed E-state index contributed by atoms with van der Waals surface area (Å²) in [5.74, 6) is -0.594. The van der Waals surface area contributed by atoms with Crippen LogP contribution in [0.25, 0.3) is 0 Å². The Morgan fingerprint density at radius 1 is 1.42 bits per heavy atom. The van der Waals surface area contributed by atoms with Gasteiger partial charge in [-0.05, 0) is 25.2 Å². The van der Waals surface area contributed by atoms with Gasteiger partial charge in [-0.2, -0.15) is 0 Å². The highest BCUT2D eigenvalue weighted by molar-refractivity contribution is 6.02. The predicted molar refractivity (Wildman–Crippen MR) is 68.6 cm³/mol. The first-order chi connectivity index (χ1) is 8.73. The average molecular weight is 265 g/mol. The van der Waals surface area contributed by atoms with Gasteiger partial charge in [0.05, 0.1) is 5.92 Å². The number of imide groups is 1. The monoisotopic (exact) mass is 265 g/mol. The number of nitrogens with one attached hydrogen (secondary N) is 2. The van der Waals surface area contributed by atoms with Crippen LogP contribution < -0.4 is 10.7 Å². The first-order valence-electron chi connectivity index (χ1n) is 6.30. The van der Waals surface area contributed by atoms with Crippen LogP contribution in [0.4, 0.5) is 4.79 Å². The molecular formula is C13H19N3O3. The van der Waals surface area contributed by atoms with Crippen LogP contribution in [0.2, 0.25) is 0 Å². The molecule has 19 heavy (non-hydrogen) atoms. The lowest BCUT2D eigenvalue weighted by Gasteiger charge is -2.14. The number of hydrogen-bond donors (Lipinski definition) is 2. The zero-order valence-electron chi connectivity index (χ0n) is 11.6. The van der Waals surface area contributed by atoms with Gasteiger partial charge < -0.3 is 0 Å². The van der Waals surface area contributed by atoms with Gasteiger partial charge in [-0.25, -0.2) is 9.80 Å². The van der Waals surface area contributed by atoms with E-state index in [4.69, 9.17) is 0 Å². The molecule has 0 bridgehead atoms. The first-order valence-corrected chi connectivity index (χ1v) is 6.30. The minimum Gasteiger partial charge on any atom is -0.275 e. The second-order valence-electron chi connectivity index (χ2n) is 5.98. The molecule has 2 fully saturated rings. The zero-order chi connectivity index (χ0) is 14.4. The zero-order valence-corrected chi connectivity index (χ0v) is 11.6. The molecule has 2 atom stereocenters. The summed E-state index contributed by atoms with van der Waals surface area (Å²) in [6.07, 6.45) is 2.08. The van der Waals surface area contributed by atoms with Crippen molar-refractivity contribution in [3.8, 4) is 0 Å². The van der Waals surface area contributed by atoms with E-state index in [0.29, 0.717) is 0 Å². The summed E-state index contributed by atoms with van der Waals surface area (Å²) < 4.78 is 0. The van der Waals surface area contributed by atoms with E-state index in [1.54, 1.807) is 0 Å². The molecule has 0 aromatic rings. The van der Waals surface area contributed by atoms with Crippen molar-refractivity contribution < 1.29 is 14.4 Å². The molecule has 0 unspecified atom stereocenters. The Morgan fingerprint density at radius 2 is 2.05 bits per heavy atom. The van der Waals surface area contributed by atoms with Crippen LogP contribution in [0, 0.1) is 17.3 Å². The van der Waals surface area contributed by atoms with Crippen LogP contribution >= 0.6 is 0 Å². The summed E-state index contributed by atoms with van der Waals surface area (Å²) in [7, 11) is 0. The van der Waals surface area contributed by atoms with E-state index in [1.807, 2.05) is 27.7 Å². The van der Waals surface area contributed by atoms with Crippen molar-refractivity contribution in [2.24, 2.45) is 17.3 Å². The molecule has 6 heteroatoms. The van der Waals surface area contributed by atoms with E-state index in [9.17, 15) is 14.4 Å². The van der Waals surface area contributed by atoms with Crippen LogP contribution in [-0.2, 0) is 9.59 Å². The summed E-state index contributed by atoms with van der Waals surface area (Å²) in [5, 5.41) is 3.14. The molecule has 4 amide bonds. The van der Waals surface area contributed by atoms with Gasteiger partial charge in [0, 0.05) is 0 Å². The third-order valence-electron chi connectivity index (χ3n) is 3.74. The van der Waals surface area contributed by atoms with Gasteiger partial charge in [-0.1, -0.05) is 25.5 Å². The Bertz CT molecular complexity index is 478. The first kappa shape index (κ1) is 13.6. The summed E-state index contributed by atoms with van der Waals surface area (Å²) in [6, 6.07) is -0.574. The largest absolute Gasteiger partial charge is 0.343 e. The average Bonchev–Trinajstić information content (AvgIpc) is 2.60. The molecule has 0 radical (unpaired) electrons. The van der Waals surface area contributed by atoms with Gasteiger partial charge in [0.1, 0.15) is 6.54 Å². The molecule has 0 spiro atoms. The maximum atomic E-state index is 12.1. The van der Waals surface area contributed by atoms with Crippen molar-refractivity contribution in [2.45, 2.75) is 27.7 Å². The fourth-order valence-corrected chi connectivity index (χ4v) is 2.58. The van der Waals surface area contributed by atoms with Gasteiger partial charge >= 0.3 is 6.03 Å². The molecule has 104 valence electrons. The number of hydrazine groups is 1. The number of urea groups is 1. The minimum atomic E-state index is -0.574. The van der Waals surface area contributed by atoms with Crippen molar-refractivity contribution in [1.29, 1.82) is 0 Å². The van der Waals surface area contributed by atoms with Crippen LogP contribution in [0.15, 0.2) is 11.6 Å². The predicted octanol–water partition coefficient (Wildman–Crippen LogP) is 0.808. The highest BCUT2D eigenvalue weighted by Crippen LogP contribution is 2.59. The van der Waals surface area contributed by atoms with Gasteiger partial charge in [-0.3, -0.25) is 20.3 Å². The van der Waals surface area contributed by atoms with Gasteiger partial charge in [-0.15, -0.1) is 0 Å². The van der Waals surface area contributed by atoms with Crippen molar-refractivity contribution >= 4 is 17.8 Å². The molecule has 1 saturated heterocycles. The summed E-state index contributed by atoms with van der Waals surface area (Å²) in [6.45, 7) is 7.92. The smallest absolute Gasteiger partial charge is 0.275 e. The van der Waals surface area contributed by atoms with Crippen molar-refractivity contribution in [1.82, 2.24) is 15.8 Å². The lowest BCUT2D eigenvalue weighted by Crippen LogP contribution is -2.45. The molecule has 6 nitrogen and oxygen atoms in total. The van der Waals surface area contributed by atoms with E-state index in [-0.39, 0.29) is 29.7 Å². The highest BCUT2D eigenvalue weighted by Gasteiger charge is 2.60. The third-order valence-corrected chi connectivity index (χ3v) is 3.74. The number of hydrogen-bond acceptors (Lipinski definition) is 3. The van der Waals surface area contributed by atoms with E-state index in [1.165, 1.54) is 5.57 Å². The van der Waals surface area contributed by atoms with Crippen molar-refractivity contribution in [3.63, 3.8) is 0 Å². The fraction of sp³-hybridized carbons (Fsp3) is 0.615. The SMILES string of the molecule is CC(C)=C[C@@H]1[C@@H](C(=O)NN2CC(=O)NC2=O)C1(C)C. The maximum Gasteiger partial charge on any atom is 0.343 e. The molecular weight excluding hydrogens is 246 g/mol. The summed E-state index contributed by atoms with van der Waals surface area (Å²) in [5.41, 5.74) is 3.57. The highest BCUT2D eigenvalue weighted by atomic mass is 16.2. The number of allylic oxidation sites excluding steroid dienone is 2. The van der Waals surface area contributed by atoms with Gasteiger partial charge in [0.25, 0.3) is 0 Å². The summed E-state index contributed by atoms with van der Waals surface area (Å²) >= 11 is 0. The molecule has 2 N–H and O–H groups in total. The lowest BCUT2D eigenvalue weighted by molar-refractivity contribution is -0.127. The normalized spacial score (nSPS) is 27.9. The Hall–Kier alpha value is -1.85. The topological polar surface area (TPSA) is 78.5 Å². The Morgan fingerprint density at radius 3 is 2.53 bits per heavy atom. The molecule has 1 saturated carbocycles. The number of rotatable bonds is 3. The fourth-order valence-electron chi connectivity index (χ4n) is 2.58. The van der Waals surface area contributed by atoms with Crippen LogP contribution in [-0.4, -0.2) is 29.4 Å². The number of nitrogens with zero attached hydrogens (tertiary/aromatic N) is 1. The van der Waals surface area contributed by atoms with Gasteiger partial charge in [0.2, 0.25) is 11.8 Å². The number of carbonyl (C=O) groups excluding carboxylic acids is 3. The molecule has 1 aliphatic carbocycles. The van der Waals surface area contributed by atoms with E-state index < -0.39 is 11.9 Å². The Balaban J connectivity index is 2.00.